The highest BCUT2D eigenvalue weighted by molar-refractivity contribution is 7.99. The summed E-state index contributed by atoms with van der Waals surface area (Å²) in [6, 6.07) is 10.4. The third-order valence-corrected chi connectivity index (χ3v) is 4.00. The number of ether oxygens (including phenoxy) is 2. The number of nitrogens with one attached hydrogen (secondary N) is 2. The van der Waals surface area contributed by atoms with Crippen LogP contribution in [0.25, 0.3) is 0 Å². The predicted octanol–water partition coefficient (Wildman–Crippen LogP) is 4.66. The summed E-state index contributed by atoms with van der Waals surface area (Å²) in [7, 11) is 1.31. The zero-order chi connectivity index (χ0) is 19.8. The van der Waals surface area contributed by atoms with Crippen molar-refractivity contribution < 1.29 is 31.8 Å². The second-order valence-electron chi connectivity index (χ2n) is 5.02. The van der Waals surface area contributed by atoms with Gasteiger partial charge in [-0.05, 0) is 24.3 Å². The molecule has 0 radical (unpaired) electrons. The van der Waals surface area contributed by atoms with Crippen LogP contribution in [0, 0.1) is 0 Å². The highest BCUT2D eigenvalue weighted by atomic mass is 32.2. The number of alkyl halides is 4. The summed E-state index contributed by atoms with van der Waals surface area (Å²) in [6.07, 6.45) is 0. The topological polar surface area (TPSA) is 59.6 Å². The lowest BCUT2D eigenvalue weighted by Gasteiger charge is -2.13. The van der Waals surface area contributed by atoms with Crippen LogP contribution in [0.2, 0.25) is 0 Å². The summed E-state index contributed by atoms with van der Waals surface area (Å²) in [5.41, 5.74) is 0.600. The number of benzene rings is 2. The lowest BCUT2D eigenvalue weighted by molar-refractivity contribution is -0.114. The first kappa shape index (κ1) is 20.7. The van der Waals surface area contributed by atoms with E-state index < -0.39 is 18.3 Å². The maximum absolute atomic E-state index is 12.6. The Morgan fingerprint density at radius 3 is 2.52 bits per heavy atom. The Morgan fingerprint density at radius 1 is 1.11 bits per heavy atom. The smallest absolute Gasteiger partial charge is 0.387 e. The average molecular weight is 404 g/mol. The van der Waals surface area contributed by atoms with Crippen LogP contribution < -0.4 is 20.1 Å². The van der Waals surface area contributed by atoms with Crippen LogP contribution in [-0.4, -0.2) is 31.9 Å². The number of hydrogen-bond donors (Lipinski definition) is 2. The molecule has 0 saturated carbocycles. The van der Waals surface area contributed by atoms with Gasteiger partial charge in [-0.3, -0.25) is 4.79 Å². The normalized spacial score (nSPS) is 10.8. The van der Waals surface area contributed by atoms with Crippen LogP contribution in [0.15, 0.2) is 47.4 Å². The standard InChI is InChI=1S/C17H16F4N2O3S/c1-25-12-7-6-10(8-13(12)26-16(18)19)22-9-15(24)23-11-4-2-3-5-14(11)27-17(20)21/h2-8,16-17,22H,9H2,1H3,(H,23,24). The maximum atomic E-state index is 12.6. The van der Waals surface area contributed by atoms with Gasteiger partial charge < -0.3 is 20.1 Å². The van der Waals surface area contributed by atoms with Crippen LogP contribution in [-0.2, 0) is 4.79 Å². The highest BCUT2D eigenvalue weighted by Crippen LogP contribution is 2.32. The average Bonchev–Trinajstić information content (AvgIpc) is 2.61. The van der Waals surface area contributed by atoms with Crippen molar-refractivity contribution in [3.05, 3.63) is 42.5 Å². The molecule has 0 fully saturated rings. The Balaban J connectivity index is 2.00. The van der Waals surface area contributed by atoms with E-state index in [1.807, 2.05) is 0 Å². The number of para-hydroxylation sites is 1. The van der Waals surface area contributed by atoms with Gasteiger partial charge in [0.25, 0.3) is 5.76 Å². The number of halogens is 4. The minimum atomic E-state index is -3.03. The van der Waals surface area contributed by atoms with E-state index in [-0.39, 0.29) is 28.6 Å². The molecule has 5 nitrogen and oxygen atoms in total. The molecular formula is C17H16F4N2O3S. The van der Waals surface area contributed by atoms with Gasteiger partial charge in [0.2, 0.25) is 5.91 Å². The van der Waals surface area contributed by atoms with E-state index in [4.69, 9.17) is 4.74 Å². The summed E-state index contributed by atoms with van der Waals surface area (Å²) >= 11 is 0.323. The molecule has 1 amide bonds. The molecule has 0 aromatic heterocycles. The number of anilines is 2. The van der Waals surface area contributed by atoms with Crippen molar-refractivity contribution in [2.45, 2.75) is 17.3 Å². The zero-order valence-electron chi connectivity index (χ0n) is 14.0. The second-order valence-corrected chi connectivity index (χ2v) is 6.05. The SMILES string of the molecule is COc1ccc(NCC(=O)Nc2ccccc2SC(F)F)cc1OC(F)F. The number of carbonyl (C=O) groups excluding carboxylic acids is 1. The third kappa shape index (κ3) is 6.55. The fourth-order valence-electron chi connectivity index (χ4n) is 2.12. The van der Waals surface area contributed by atoms with Crippen molar-refractivity contribution in [2.75, 3.05) is 24.3 Å². The molecule has 10 heteroatoms. The molecule has 0 aliphatic carbocycles. The summed E-state index contributed by atoms with van der Waals surface area (Å²) in [5, 5.41) is 5.27. The highest BCUT2D eigenvalue weighted by Gasteiger charge is 2.13. The van der Waals surface area contributed by atoms with Crippen LogP contribution in [0.5, 0.6) is 11.5 Å². The molecule has 146 valence electrons. The molecule has 0 saturated heterocycles. The van der Waals surface area contributed by atoms with Crippen molar-refractivity contribution in [2.24, 2.45) is 0 Å². The van der Waals surface area contributed by atoms with E-state index in [9.17, 15) is 22.4 Å². The maximum Gasteiger partial charge on any atom is 0.387 e. The minimum Gasteiger partial charge on any atom is -0.493 e. The van der Waals surface area contributed by atoms with Crippen LogP contribution in [0.1, 0.15) is 0 Å². The number of carbonyl (C=O) groups is 1. The zero-order valence-corrected chi connectivity index (χ0v) is 14.9. The fraction of sp³-hybridized carbons (Fsp3) is 0.235. The summed E-state index contributed by atoms with van der Waals surface area (Å²) < 4.78 is 59.3. The Hall–Kier alpha value is -2.62. The molecular weight excluding hydrogens is 388 g/mol. The van der Waals surface area contributed by atoms with Gasteiger partial charge in [-0.15, -0.1) is 0 Å². The lowest BCUT2D eigenvalue weighted by Crippen LogP contribution is -2.22. The van der Waals surface area contributed by atoms with E-state index in [0.29, 0.717) is 17.4 Å². The van der Waals surface area contributed by atoms with E-state index in [1.165, 1.54) is 37.4 Å². The van der Waals surface area contributed by atoms with Crippen LogP contribution in [0.3, 0.4) is 0 Å². The van der Waals surface area contributed by atoms with E-state index >= 15 is 0 Å². The Kier molecular flexibility index (Phi) is 7.59. The molecule has 0 unspecified atom stereocenters. The summed E-state index contributed by atoms with van der Waals surface area (Å²) in [4.78, 5) is 12.3. The monoisotopic (exact) mass is 404 g/mol. The van der Waals surface area contributed by atoms with Crippen molar-refractivity contribution in [3.8, 4) is 11.5 Å². The molecule has 0 heterocycles. The van der Waals surface area contributed by atoms with Gasteiger partial charge in [0, 0.05) is 16.6 Å². The van der Waals surface area contributed by atoms with Crippen molar-refractivity contribution in [1.82, 2.24) is 0 Å². The number of methoxy groups -OCH3 is 1. The Morgan fingerprint density at radius 2 is 1.85 bits per heavy atom. The molecule has 0 aliphatic heterocycles. The molecule has 0 spiro atoms. The molecule has 2 rings (SSSR count). The minimum absolute atomic E-state index is 0.114. The van der Waals surface area contributed by atoms with Gasteiger partial charge >= 0.3 is 6.61 Å². The predicted molar refractivity (Wildman–Crippen MR) is 95.0 cm³/mol. The number of rotatable bonds is 9. The van der Waals surface area contributed by atoms with Gasteiger partial charge in [-0.2, -0.15) is 17.6 Å². The Labute approximate surface area is 157 Å². The molecule has 27 heavy (non-hydrogen) atoms. The summed E-state index contributed by atoms with van der Waals surface area (Å²) in [6.45, 7) is -3.24. The number of amides is 1. The van der Waals surface area contributed by atoms with Gasteiger partial charge in [0.1, 0.15) is 0 Å². The van der Waals surface area contributed by atoms with Crippen molar-refractivity contribution in [3.63, 3.8) is 0 Å². The number of hydrogen-bond acceptors (Lipinski definition) is 5. The molecule has 0 atom stereocenters. The first-order valence-corrected chi connectivity index (χ1v) is 8.47. The van der Waals surface area contributed by atoms with E-state index in [0.717, 1.165) is 0 Å². The van der Waals surface area contributed by atoms with E-state index in [2.05, 4.69) is 15.4 Å². The number of thioether (sulfide) groups is 1. The fourth-order valence-corrected chi connectivity index (χ4v) is 2.72. The third-order valence-electron chi connectivity index (χ3n) is 3.21. The second kappa shape index (κ2) is 9.91. The lowest BCUT2D eigenvalue weighted by atomic mass is 10.2. The largest absolute Gasteiger partial charge is 0.493 e. The molecule has 0 aliphatic rings. The molecule has 2 N–H and O–H groups in total. The van der Waals surface area contributed by atoms with Crippen molar-refractivity contribution >= 4 is 29.0 Å². The Bertz CT molecular complexity index is 778. The van der Waals surface area contributed by atoms with Gasteiger partial charge in [0.15, 0.2) is 11.5 Å². The van der Waals surface area contributed by atoms with Crippen molar-refractivity contribution in [1.29, 1.82) is 0 Å². The molecule has 2 aromatic carbocycles. The van der Waals surface area contributed by atoms with E-state index in [1.54, 1.807) is 12.1 Å². The van der Waals surface area contributed by atoms with Crippen LogP contribution >= 0.6 is 11.8 Å². The molecule has 0 bridgehead atoms. The quantitative estimate of drug-likeness (QED) is 0.470. The van der Waals surface area contributed by atoms with Crippen LogP contribution in [0.4, 0.5) is 28.9 Å². The van der Waals surface area contributed by atoms with Gasteiger partial charge in [0.05, 0.1) is 19.3 Å². The summed E-state index contributed by atoms with van der Waals surface area (Å²) in [5.74, 6) is -3.18. The van der Waals surface area contributed by atoms with Gasteiger partial charge in [-0.25, -0.2) is 0 Å². The van der Waals surface area contributed by atoms with Gasteiger partial charge in [-0.1, -0.05) is 23.9 Å². The first-order valence-electron chi connectivity index (χ1n) is 7.59. The first-order chi connectivity index (χ1) is 12.9. The molecule has 2 aromatic rings.